The van der Waals surface area contributed by atoms with Gasteiger partial charge in [0, 0.05) is 23.4 Å². The van der Waals surface area contributed by atoms with Crippen molar-refractivity contribution >= 4 is 16.5 Å². The number of nitrogens with zero attached hydrogens (tertiary/aromatic N) is 1. The van der Waals surface area contributed by atoms with E-state index in [1.165, 1.54) is 10.6 Å². The second-order valence-corrected chi connectivity index (χ2v) is 4.95. The van der Waals surface area contributed by atoms with Crippen molar-refractivity contribution in [3.63, 3.8) is 0 Å². The van der Waals surface area contributed by atoms with Crippen LogP contribution in [0.5, 0.6) is 0 Å². The van der Waals surface area contributed by atoms with Crippen molar-refractivity contribution < 1.29 is 0 Å². The summed E-state index contributed by atoms with van der Waals surface area (Å²) >= 11 is 1.60. The Bertz CT molecular complexity index is 303. The molecule has 2 rings (SSSR count). The molecule has 4 heteroatoms. The number of hydrogen-bond acceptors (Lipinski definition) is 4. The zero-order chi connectivity index (χ0) is 8.77. The van der Waals surface area contributed by atoms with E-state index in [1.54, 1.807) is 11.3 Å². The summed E-state index contributed by atoms with van der Waals surface area (Å²) in [6.45, 7) is 5.29. The Labute approximate surface area is 76.0 Å². The van der Waals surface area contributed by atoms with Crippen LogP contribution in [-0.2, 0) is 13.0 Å². The molecule has 0 spiro atoms. The molecule has 66 valence electrons. The summed E-state index contributed by atoms with van der Waals surface area (Å²) in [4.78, 5) is 5.60. The summed E-state index contributed by atoms with van der Waals surface area (Å²) in [5, 5.41) is 4.14. The lowest BCUT2D eigenvalue weighted by molar-refractivity contribution is 0.362. The lowest BCUT2D eigenvalue weighted by Gasteiger charge is -2.29. The first-order chi connectivity index (χ1) is 5.57. The molecule has 1 aromatic rings. The van der Waals surface area contributed by atoms with Gasteiger partial charge in [-0.3, -0.25) is 0 Å². The topological polar surface area (TPSA) is 50.9 Å². The average Bonchev–Trinajstić information content (AvgIpc) is 2.26. The molecule has 0 unspecified atom stereocenters. The molecule has 0 aliphatic carbocycles. The lowest BCUT2D eigenvalue weighted by Crippen LogP contribution is -2.44. The van der Waals surface area contributed by atoms with Crippen molar-refractivity contribution in [3.8, 4) is 0 Å². The number of rotatable bonds is 0. The number of thiazole rings is 1. The molecule has 0 aromatic carbocycles. The minimum Gasteiger partial charge on any atom is -0.375 e. The van der Waals surface area contributed by atoms with Crippen molar-refractivity contribution in [1.82, 2.24) is 10.3 Å². The number of aromatic nitrogens is 1. The van der Waals surface area contributed by atoms with Crippen molar-refractivity contribution in [2.24, 2.45) is 0 Å². The van der Waals surface area contributed by atoms with E-state index in [1.807, 2.05) is 0 Å². The molecule has 0 amide bonds. The summed E-state index contributed by atoms with van der Waals surface area (Å²) in [7, 11) is 0. The predicted octanol–water partition coefficient (Wildman–Crippen LogP) is 1.15. The second-order valence-electron chi connectivity index (χ2n) is 3.84. The first-order valence-corrected chi connectivity index (χ1v) is 4.87. The van der Waals surface area contributed by atoms with E-state index < -0.39 is 0 Å². The second kappa shape index (κ2) is 2.44. The van der Waals surface area contributed by atoms with Crippen LogP contribution >= 0.6 is 11.3 Å². The van der Waals surface area contributed by atoms with Crippen LogP contribution in [0.3, 0.4) is 0 Å². The van der Waals surface area contributed by atoms with Gasteiger partial charge in [0.1, 0.15) is 0 Å². The quantitative estimate of drug-likeness (QED) is 0.634. The van der Waals surface area contributed by atoms with Crippen molar-refractivity contribution in [3.05, 3.63) is 10.6 Å². The van der Waals surface area contributed by atoms with E-state index in [2.05, 4.69) is 24.1 Å². The smallest absolute Gasteiger partial charge is 0.180 e. The van der Waals surface area contributed by atoms with Crippen LogP contribution in [0.15, 0.2) is 0 Å². The molecule has 0 fully saturated rings. The van der Waals surface area contributed by atoms with Gasteiger partial charge < -0.3 is 11.1 Å². The summed E-state index contributed by atoms with van der Waals surface area (Å²) in [5.41, 5.74) is 6.98. The summed E-state index contributed by atoms with van der Waals surface area (Å²) in [6, 6.07) is 0. The fourth-order valence-electron chi connectivity index (χ4n) is 1.48. The third kappa shape index (κ3) is 1.32. The Morgan fingerprint density at radius 2 is 2.33 bits per heavy atom. The summed E-state index contributed by atoms with van der Waals surface area (Å²) < 4.78 is 0. The zero-order valence-corrected chi connectivity index (χ0v) is 8.16. The molecule has 0 radical (unpaired) electrons. The van der Waals surface area contributed by atoms with Crippen molar-refractivity contribution in [2.75, 3.05) is 5.73 Å². The number of nitrogens with one attached hydrogen (secondary N) is 1. The molecule has 3 N–H and O–H groups in total. The van der Waals surface area contributed by atoms with Crippen LogP contribution in [0, 0.1) is 0 Å². The number of hydrogen-bond donors (Lipinski definition) is 2. The monoisotopic (exact) mass is 183 g/mol. The molecular formula is C8H13N3S. The molecule has 12 heavy (non-hydrogen) atoms. The average molecular weight is 183 g/mol. The Balaban J connectivity index is 2.34. The van der Waals surface area contributed by atoms with Crippen molar-refractivity contribution in [1.29, 1.82) is 0 Å². The Morgan fingerprint density at radius 3 is 3.08 bits per heavy atom. The molecule has 0 saturated carbocycles. The normalized spacial score (nSPS) is 20.5. The van der Waals surface area contributed by atoms with Gasteiger partial charge >= 0.3 is 0 Å². The molecule has 0 atom stereocenters. The van der Waals surface area contributed by atoms with E-state index in [9.17, 15) is 0 Å². The van der Waals surface area contributed by atoms with E-state index in [0.717, 1.165) is 13.0 Å². The minimum absolute atomic E-state index is 0.174. The molecular weight excluding hydrogens is 170 g/mol. The summed E-state index contributed by atoms with van der Waals surface area (Å²) in [6.07, 6.45) is 0.982. The van der Waals surface area contributed by atoms with Gasteiger partial charge in [-0.1, -0.05) is 0 Å². The molecule has 2 heterocycles. The SMILES string of the molecule is CC1(C)Cc2nc(N)sc2CN1. The first-order valence-electron chi connectivity index (χ1n) is 4.06. The highest BCUT2D eigenvalue weighted by atomic mass is 32.1. The van der Waals surface area contributed by atoms with Gasteiger partial charge in [-0.15, -0.1) is 11.3 Å². The molecule has 1 aromatic heterocycles. The highest BCUT2D eigenvalue weighted by Crippen LogP contribution is 2.28. The fourth-order valence-corrected chi connectivity index (χ4v) is 2.27. The maximum Gasteiger partial charge on any atom is 0.180 e. The molecule has 1 aliphatic rings. The van der Waals surface area contributed by atoms with Crippen LogP contribution in [0.2, 0.25) is 0 Å². The summed E-state index contributed by atoms with van der Waals surface area (Å²) in [5.74, 6) is 0. The first kappa shape index (κ1) is 8.01. The lowest BCUT2D eigenvalue weighted by atomic mass is 9.95. The van der Waals surface area contributed by atoms with Gasteiger partial charge in [0.2, 0.25) is 0 Å². The standard InChI is InChI=1S/C8H13N3S/c1-8(2)3-5-6(4-10-8)12-7(9)11-5/h10H,3-4H2,1-2H3,(H2,9,11). The largest absolute Gasteiger partial charge is 0.375 e. The van der Waals surface area contributed by atoms with E-state index >= 15 is 0 Å². The van der Waals surface area contributed by atoms with Crippen LogP contribution < -0.4 is 11.1 Å². The zero-order valence-electron chi connectivity index (χ0n) is 7.35. The Kier molecular flexibility index (Phi) is 1.63. The third-order valence-electron chi connectivity index (χ3n) is 2.13. The Morgan fingerprint density at radius 1 is 1.58 bits per heavy atom. The fraction of sp³-hybridized carbons (Fsp3) is 0.625. The van der Waals surface area contributed by atoms with Crippen molar-refractivity contribution in [2.45, 2.75) is 32.4 Å². The van der Waals surface area contributed by atoms with Gasteiger partial charge in [-0.25, -0.2) is 4.98 Å². The van der Waals surface area contributed by atoms with Crippen LogP contribution in [0.1, 0.15) is 24.4 Å². The van der Waals surface area contributed by atoms with E-state index in [4.69, 9.17) is 5.73 Å². The van der Waals surface area contributed by atoms with Crippen LogP contribution in [0.25, 0.3) is 0 Å². The third-order valence-corrected chi connectivity index (χ3v) is 3.06. The predicted molar refractivity (Wildman–Crippen MR) is 51.1 cm³/mol. The van der Waals surface area contributed by atoms with Gasteiger partial charge in [-0.2, -0.15) is 0 Å². The maximum atomic E-state index is 5.63. The minimum atomic E-state index is 0.174. The van der Waals surface area contributed by atoms with Gasteiger partial charge in [0.05, 0.1) is 5.69 Å². The van der Waals surface area contributed by atoms with E-state index in [-0.39, 0.29) is 5.54 Å². The van der Waals surface area contributed by atoms with Crippen LogP contribution in [-0.4, -0.2) is 10.5 Å². The maximum absolute atomic E-state index is 5.63. The molecule has 0 bridgehead atoms. The number of fused-ring (bicyclic) bond motifs is 1. The van der Waals surface area contributed by atoms with Crippen LogP contribution in [0.4, 0.5) is 5.13 Å². The number of nitrogens with two attached hydrogens (primary N) is 1. The molecule has 0 saturated heterocycles. The van der Waals surface area contributed by atoms with Gasteiger partial charge in [0.25, 0.3) is 0 Å². The van der Waals surface area contributed by atoms with Gasteiger partial charge in [0.15, 0.2) is 5.13 Å². The van der Waals surface area contributed by atoms with Gasteiger partial charge in [-0.05, 0) is 13.8 Å². The highest BCUT2D eigenvalue weighted by Gasteiger charge is 2.26. The number of nitrogen functional groups attached to an aromatic ring is 1. The highest BCUT2D eigenvalue weighted by molar-refractivity contribution is 7.15. The Hall–Kier alpha value is -0.610. The molecule has 1 aliphatic heterocycles. The number of anilines is 1. The molecule has 3 nitrogen and oxygen atoms in total. The van der Waals surface area contributed by atoms with E-state index in [0.29, 0.717) is 5.13 Å².